The Morgan fingerprint density at radius 2 is 1.85 bits per heavy atom. The van der Waals surface area contributed by atoms with Crippen molar-refractivity contribution < 1.29 is 14.6 Å². The quantitative estimate of drug-likeness (QED) is 0.611. The fourth-order valence-corrected chi connectivity index (χ4v) is 2.83. The third kappa shape index (κ3) is 1.14. The number of rotatable bonds is 0. The van der Waals surface area contributed by atoms with E-state index in [9.17, 15) is 5.11 Å². The molecule has 74 valence electrons. The van der Waals surface area contributed by atoms with Crippen LogP contribution in [0, 0.1) is 5.92 Å². The Bertz CT molecular complexity index is 251. The highest BCUT2D eigenvalue weighted by Crippen LogP contribution is 2.56. The van der Waals surface area contributed by atoms with Crippen LogP contribution in [0.25, 0.3) is 0 Å². The summed E-state index contributed by atoms with van der Waals surface area (Å²) in [4.78, 5) is 0. The zero-order valence-electron chi connectivity index (χ0n) is 8.12. The van der Waals surface area contributed by atoms with Crippen molar-refractivity contribution in [2.24, 2.45) is 5.92 Å². The largest absolute Gasteiger partial charge is 0.389 e. The molecule has 3 fully saturated rings. The molecule has 0 bridgehead atoms. The van der Waals surface area contributed by atoms with E-state index >= 15 is 0 Å². The first kappa shape index (κ1) is 8.21. The maximum absolute atomic E-state index is 9.93. The van der Waals surface area contributed by atoms with Crippen molar-refractivity contribution in [1.82, 2.24) is 0 Å². The number of hydrogen-bond donors (Lipinski definition) is 1. The predicted molar refractivity (Wildman–Crippen MR) is 46.1 cm³/mol. The van der Waals surface area contributed by atoms with E-state index in [1.807, 2.05) is 13.8 Å². The number of hydrogen-bond acceptors (Lipinski definition) is 3. The van der Waals surface area contributed by atoms with E-state index in [4.69, 9.17) is 9.47 Å². The van der Waals surface area contributed by atoms with Crippen molar-refractivity contribution in [3.8, 4) is 0 Å². The van der Waals surface area contributed by atoms with Crippen LogP contribution >= 0.6 is 0 Å². The van der Waals surface area contributed by atoms with Gasteiger partial charge >= 0.3 is 0 Å². The minimum atomic E-state index is -0.442. The Labute approximate surface area is 78.0 Å². The first-order valence-corrected chi connectivity index (χ1v) is 5.07. The SMILES string of the molecule is CC1(C)OC2C[C@@H]3C[C@]3(O)C[C@H]2O1. The average molecular weight is 184 g/mol. The van der Waals surface area contributed by atoms with Gasteiger partial charge in [0.05, 0.1) is 17.8 Å². The first-order valence-electron chi connectivity index (χ1n) is 5.07. The standard InChI is InChI=1S/C10H16O3/c1-9(2)12-7-3-6-4-10(6,11)5-8(7)13-9/h6-8,11H,3-5H2,1-2H3/t6-,7?,8-,10+/m1/s1. The van der Waals surface area contributed by atoms with Crippen LogP contribution in [0.4, 0.5) is 0 Å². The van der Waals surface area contributed by atoms with Gasteiger partial charge in [-0.05, 0) is 32.6 Å². The van der Waals surface area contributed by atoms with Crippen molar-refractivity contribution in [2.75, 3.05) is 0 Å². The van der Waals surface area contributed by atoms with E-state index in [-0.39, 0.29) is 12.2 Å². The Hall–Kier alpha value is -0.120. The van der Waals surface area contributed by atoms with Crippen molar-refractivity contribution in [2.45, 2.75) is 56.7 Å². The van der Waals surface area contributed by atoms with Crippen LogP contribution in [0.2, 0.25) is 0 Å². The molecule has 3 nitrogen and oxygen atoms in total. The topological polar surface area (TPSA) is 38.7 Å². The fourth-order valence-electron chi connectivity index (χ4n) is 2.83. The molecule has 4 atom stereocenters. The predicted octanol–water partition coefficient (Wildman–Crippen LogP) is 1.05. The van der Waals surface area contributed by atoms with Gasteiger partial charge in [-0.15, -0.1) is 0 Å². The van der Waals surface area contributed by atoms with Gasteiger partial charge in [0.1, 0.15) is 0 Å². The lowest BCUT2D eigenvalue weighted by molar-refractivity contribution is -0.147. The summed E-state index contributed by atoms with van der Waals surface area (Å²) in [6, 6.07) is 0. The second kappa shape index (κ2) is 2.10. The van der Waals surface area contributed by atoms with Crippen molar-refractivity contribution in [3.05, 3.63) is 0 Å². The Morgan fingerprint density at radius 1 is 1.15 bits per heavy atom. The highest BCUT2D eigenvalue weighted by molar-refractivity contribution is 5.11. The third-order valence-corrected chi connectivity index (χ3v) is 3.56. The van der Waals surface area contributed by atoms with Gasteiger partial charge in [-0.1, -0.05) is 0 Å². The third-order valence-electron chi connectivity index (χ3n) is 3.56. The van der Waals surface area contributed by atoms with Gasteiger partial charge in [0.15, 0.2) is 5.79 Å². The zero-order chi connectivity index (χ0) is 9.27. The molecule has 0 aromatic rings. The van der Waals surface area contributed by atoms with Gasteiger partial charge in [0, 0.05) is 6.42 Å². The second-order valence-electron chi connectivity index (χ2n) is 5.16. The van der Waals surface area contributed by atoms with Crippen molar-refractivity contribution in [3.63, 3.8) is 0 Å². The molecule has 1 N–H and O–H groups in total. The number of aliphatic hydroxyl groups is 1. The maximum atomic E-state index is 9.93. The smallest absolute Gasteiger partial charge is 0.163 e. The summed E-state index contributed by atoms with van der Waals surface area (Å²) in [7, 11) is 0. The molecule has 13 heavy (non-hydrogen) atoms. The summed E-state index contributed by atoms with van der Waals surface area (Å²) < 4.78 is 11.5. The van der Waals surface area contributed by atoms with Crippen LogP contribution in [0.1, 0.15) is 33.1 Å². The molecule has 0 spiro atoms. The van der Waals surface area contributed by atoms with E-state index in [0.29, 0.717) is 5.92 Å². The molecule has 2 saturated carbocycles. The summed E-state index contributed by atoms with van der Waals surface area (Å²) >= 11 is 0. The van der Waals surface area contributed by atoms with E-state index in [2.05, 4.69) is 0 Å². The van der Waals surface area contributed by atoms with Crippen molar-refractivity contribution in [1.29, 1.82) is 0 Å². The summed E-state index contributed by atoms with van der Waals surface area (Å²) in [5, 5.41) is 9.93. The molecule has 1 heterocycles. The average Bonchev–Trinajstić information content (AvgIpc) is 2.48. The van der Waals surface area contributed by atoms with E-state index in [1.165, 1.54) is 0 Å². The van der Waals surface area contributed by atoms with Crippen LogP contribution in [0.15, 0.2) is 0 Å². The van der Waals surface area contributed by atoms with Gasteiger partial charge in [0.2, 0.25) is 0 Å². The lowest BCUT2D eigenvalue weighted by Crippen LogP contribution is -2.35. The minimum absolute atomic E-state index is 0.124. The molecule has 1 unspecified atom stereocenters. The minimum Gasteiger partial charge on any atom is -0.389 e. The lowest BCUT2D eigenvalue weighted by Gasteiger charge is -2.25. The Kier molecular flexibility index (Phi) is 1.33. The molecule has 0 aromatic carbocycles. The van der Waals surface area contributed by atoms with Gasteiger partial charge in [0.25, 0.3) is 0 Å². The molecule has 1 saturated heterocycles. The van der Waals surface area contributed by atoms with Crippen LogP contribution in [-0.4, -0.2) is 28.7 Å². The molecule has 2 aliphatic carbocycles. The molecule has 3 heteroatoms. The molecule has 0 aromatic heterocycles. The Morgan fingerprint density at radius 3 is 2.62 bits per heavy atom. The number of ether oxygens (including phenoxy) is 2. The van der Waals surface area contributed by atoms with Crippen LogP contribution < -0.4 is 0 Å². The van der Waals surface area contributed by atoms with E-state index in [0.717, 1.165) is 19.3 Å². The van der Waals surface area contributed by atoms with Crippen molar-refractivity contribution >= 4 is 0 Å². The van der Waals surface area contributed by atoms with Gasteiger partial charge in [-0.2, -0.15) is 0 Å². The maximum Gasteiger partial charge on any atom is 0.163 e. The van der Waals surface area contributed by atoms with Crippen LogP contribution in [-0.2, 0) is 9.47 Å². The summed E-state index contributed by atoms with van der Waals surface area (Å²) in [6.07, 6.45) is 3.05. The van der Waals surface area contributed by atoms with Gasteiger partial charge < -0.3 is 14.6 Å². The fraction of sp³-hybridized carbons (Fsp3) is 1.00. The summed E-state index contributed by atoms with van der Waals surface area (Å²) in [6.45, 7) is 3.89. The summed E-state index contributed by atoms with van der Waals surface area (Å²) in [5.74, 6) is 0.0360. The van der Waals surface area contributed by atoms with Gasteiger partial charge in [-0.25, -0.2) is 0 Å². The molecule has 3 aliphatic rings. The number of fused-ring (bicyclic) bond motifs is 2. The monoisotopic (exact) mass is 184 g/mol. The van der Waals surface area contributed by atoms with E-state index in [1.54, 1.807) is 0 Å². The molecule has 0 amide bonds. The summed E-state index contributed by atoms with van der Waals surface area (Å²) in [5.41, 5.74) is -0.398. The molecule has 1 aliphatic heterocycles. The highest BCUT2D eigenvalue weighted by atomic mass is 16.8. The molecular formula is C10H16O3. The van der Waals surface area contributed by atoms with Crippen LogP contribution in [0.5, 0.6) is 0 Å². The van der Waals surface area contributed by atoms with E-state index < -0.39 is 11.4 Å². The van der Waals surface area contributed by atoms with Crippen LogP contribution in [0.3, 0.4) is 0 Å². The van der Waals surface area contributed by atoms with Gasteiger partial charge in [-0.3, -0.25) is 0 Å². The zero-order valence-corrected chi connectivity index (χ0v) is 8.12. The second-order valence-corrected chi connectivity index (χ2v) is 5.16. The molecular weight excluding hydrogens is 168 g/mol. The first-order chi connectivity index (χ1) is 5.99. The lowest BCUT2D eigenvalue weighted by atomic mass is 9.93. The highest BCUT2D eigenvalue weighted by Gasteiger charge is 2.62. The Balaban J connectivity index is 1.79. The normalized spacial score (nSPS) is 57.0. The molecule has 0 radical (unpaired) electrons. The molecule has 3 rings (SSSR count).